The second-order valence-corrected chi connectivity index (χ2v) is 7.92. The molecule has 32 heavy (non-hydrogen) atoms. The first-order chi connectivity index (χ1) is 15.1. The summed E-state index contributed by atoms with van der Waals surface area (Å²) in [5.41, 5.74) is 0.856. The number of anilines is 1. The van der Waals surface area contributed by atoms with Crippen LogP contribution < -0.4 is 4.90 Å². The van der Waals surface area contributed by atoms with Gasteiger partial charge in [-0.05, 0) is 49.6 Å². The summed E-state index contributed by atoms with van der Waals surface area (Å²) in [6.45, 7) is 2.85. The molecule has 7 nitrogen and oxygen atoms in total. The normalized spacial score (nSPS) is 16.4. The topological polar surface area (TPSA) is 66.6 Å². The van der Waals surface area contributed by atoms with Gasteiger partial charge >= 0.3 is 6.18 Å². The third-order valence-corrected chi connectivity index (χ3v) is 5.95. The highest BCUT2D eigenvalue weighted by Gasteiger charge is 2.38. The van der Waals surface area contributed by atoms with Crippen LogP contribution in [0, 0.1) is 11.7 Å². The second kappa shape index (κ2) is 8.36. The van der Waals surface area contributed by atoms with Gasteiger partial charge in [0.25, 0.3) is 5.82 Å². The Morgan fingerprint density at radius 2 is 1.75 bits per heavy atom. The molecule has 0 N–H and O–H groups in total. The lowest BCUT2D eigenvalue weighted by molar-refractivity contribution is -0.146. The summed E-state index contributed by atoms with van der Waals surface area (Å²) in [6.07, 6.45) is -3.56. The van der Waals surface area contributed by atoms with Crippen molar-refractivity contribution >= 4 is 17.4 Å². The van der Waals surface area contributed by atoms with E-state index in [0.29, 0.717) is 36.3 Å². The minimum Gasteiger partial charge on any atom is -0.355 e. The Morgan fingerprint density at radius 1 is 1.09 bits per heavy atom. The number of carbonyl (C=O) groups excluding carboxylic acids is 1. The molecule has 1 aliphatic heterocycles. The van der Waals surface area contributed by atoms with E-state index in [1.807, 2.05) is 11.8 Å². The van der Waals surface area contributed by atoms with Gasteiger partial charge in [-0.15, -0.1) is 15.3 Å². The van der Waals surface area contributed by atoms with Crippen molar-refractivity contribution < 1.29 is 22.4 Å². The predicted molar refractivity (Wildman–Crippen MR) is 108 cm³/mol. The molecule has 1 unspecified atom stereocenters. The Morgan fingerprint density at radius 3 is 2.38 bits per heavy atom. The number of aromatic nitrogens is 4. The summed E-state index contributed by atoms with van der Waals surface area (Å²) in [5.74, 6) is -1.34. The second-order valence-electron chi connectivity index (χ2n) is 7.92. The molecule has 1 atom stereocenters. The van der Waals surface area contributed by atoms with E-state index in [4.69, 9.17) is 0 Å². The zero-order valence-corrected chi connectivity index (χ0v) is 17.6. The quantitative estimate of drug-likeness (QED) is 0.567. The molecule has 0 spiro atoms. The van der Waals surface area contributed by atoms with Crippen LogP contribution in [0.15, 0.2) is 36.4 Å². The van der Waals surface area contributed by atoms with Gasteiger partial charge in [-0.3, -0.25) is 4.79 Å². The fourth-order valence-electron chi connectivity index (χ4n) is 3.92. The molecule has 1 aliphatic rings. The van der Waals surface area contributed by atoms with E-state index < -0.39 is 12.0 Å². The highest BCUT2D eigenvalue weighted by Crippen LogP contribution is 2.30. The maximum Gasteiger partial charge on any atom is 0.453 e. The largest absolute Gasteiger partial charge is 0.453 e. The number of piperidine rings is 1. The van der Waals surface area contributed by atoms with Gasteiger partial charge in [0.1, 0.15) is 11.6 Å². The third-order valence-electron chi connectivity index (χ3n) is 5.95. The van der Waals surface area contributed by atoms with Crippen molar-refractivity contribution in [2.45, 2.75) is 32.0 Å². The molecule has 0 saturated carbocycles. The number of benzene rings is 1. The van der Waals surface area contributed by atoms with Crippen molar-refractivity contribution in [2.75, 3.05) is 25.0 Å². The summed E-state index contributed by atoms with van der Waals surface area (Å²) >= 11 is 0. The maximum atomic E-state index is 13.2. The average molecular weight is 450 g/mol. The van der Waals surface area contributed by atoms with Crippen LogP contribution in [0.25, 0.3) is 5.65 Å². The molecule has 2 aromatic heterocycles. The van der Waals surface area contributed by atoms with E-state index in [9.17, 15) is 22.4 Å². The number of halogens is 4. The first kappa shape index (κ1) is 22.0. The van der Waals surface area contributed by atoms with Crippen molar-refractivity contribution in [3.63, 3.8) is 0 Å². The summed E-state index contributed by atoms with van der Waals surface area (Å²) in [6, 6.07) is 8.90. The first-order valence-electron chi connectivity index (χ1n) is 10.2. The van der Waals surface area contributed by atoms with E-state index >= 15 is 0 Å². The Labute approximate surface area is 181 Å². The zero-order chi connectivity index (χ0) is 23.0. The minimum absolute atomic E-state index is 0.0111. The van der Waals surface area contributed by atoms with Crippen LogP contribution in [0.5, 0.6) is 0 Å². The molecule has 0 bridgehead atoms. The highest BCUT2D eigenvalue weighted by atomic mass is 19.4. The van der Waals surface area contributed by atoms with E-state index in [0.717, 1.165) is 5.56 Å². The number of rotatable bonds is 4. The lowest BCUT2D eigenvalue weighted by Crippen LogP contribution is -2.42. The first-order valence-corrected chi connectivity index (χ1v) is 10.2. The number of hydrogen-bond acceptors (Lipinski definition) is 5. The Kier molecular flexibility index (Phi) is 5.74. The molecule has 0 radical (unpaired) electrons. The van der Waals surface area contributed by atoms with E-state index in [1.165, 1.54) is 18.2 Å². The van der Waals surface area contributed by atoms with Crippen LogP contribution in [-0.4, -0.2) is 50.8 Å². The molecule has 11 heteroatoms. The Hall–Kier alpha value is -3.24. The maximum absolute atomic E-state index is 13.2. The Balaban J connectivity index is 1.42. The SMILES string of the molecule is CC(c1ccc(F)cc1)N(C)C(=O)C1CCN(c2ccc3nnc(C(F)(F)F)n3n2)CC1. The fourth-order valence-corrected chi connectivity index (χ4v) is 3.92. The third kappa shape index (κ3) is 4.23. The van der Waals surface area contributed by atoms with Crippen molar-refractivity contribution in [2.24, 2.45) is 5.92 Å². The smallest absolute Gasteiger partial charge is 0.355 e. The van der Waals surface area contributed by atoms with Gasteiger partial charge in [-0.1, -0.05) is 12.1 Å². The van der Waals surface area contributed by atoms with Gasteiger partial charge in [0.05, 0.1) is 6.04 Å². The number of amides is 1. The van der Waals surface area contributed by atoms with Gasteiger partial charge in [-0.2, -0.15) is 17.7 Å². The zero-order valence-electron chi connectivity index (χ0n) is 17.6. The lowest BCUT2D eigenvalue weighted by atomic mass is 9.94. The van der Waals surface area contributed by atoms with Gasteiger partial charge in [0.2, 0.25) is 5.91 Å². The molecule has 1 aromatic carbocycles. The molecule has 1 amide bonds. The van der Waals surface area contributed by atoms with Crippen molar-refractivity contribution in [1.82, 2.24) is 24.7 Å². The van der Waals surface area contributed by atoms with Crippen LogP contribution in [-0.2, 0) is 11.0 Å². The van der Waals surface area contributed by atoms with Crippen LogP contribution in [0.3, 0.4) is 0 Å². The number of carbonyl (C=O) groups is 1. The van der Waals surface area contributed by atoms with Crippen LogP contribution in [0.4, 0.5) is 23.4 Å². The highest BCUT2D eigenvalue weighted by molar-refractivity contribution is 5.79. The molecule has 1 fully saturated rings. The molecule has 3 aromatic rings. The number of hydrogen-bond donors (Lipinski definition) is 0. The van der Waals surface area contributed by atoms with Crippen LogP contribution in [0.2, 0.25) is 0 Å². The van der Waals surface area contributed by atoms with Gasteiger partial charge in [0.15, 0.2) is 5.65 Å². The van der Waals surface area contributed by atoms with Crippen LogP contribution >= 0.6 is 0 Å². The molecule has 0 aliphatic carbocycles. The summed E-state index contributed by atoms with van der Waals surface area (Å²) in [4.78, 5) is 16.5. The minimum atomic E-state index is -4.66. The monoisotopic (exact) mass is 450 g/mol. The molecule has 170 valence electrons. The molecule has 1 saturated heterocycles. The van der Waals surface area contributed by atoms with Crippen molar-refractivity contribution in [3.8, 4) is 0 Å². The van der Waals surface area contributed by atoms with E-state index in [-0.39, 0.29) is 29.3 Å². The average Bonchev–Trinajstić information content (AvgIpc) is 3.22. The van der Waals surface area contributed by atoms with Crippen molar-refractivity contribution in [1.29, 1.82) is 0 Å². The summed E-state index contributed by atoms with van der Waals surface area (Å²) in [5, 5.41) is 10.8. The van der Waals surface area contributed by atoms with Gasteiger partial charge < -0.3 is 9.80 Å². The van der Waals surface area contributed by atoms with E-state index in [1.54, 1.807) is 30.1 Å². The molecular weight excluding hydrogens is 428 g/mol. The lowest BCUT2D eigenvalue weighted by Gasteiger charge is -2.35. The van der Waals surface area contributed by atoms with E-state index in [2.05, 4.69) is 15.3 Å². The van der Waals surface area contributed by atoms with Crippen molar-refractivity contribution in [3.05, 3.63) is 53.6 Å². The molecule has 3 heterocycles. The fraction of sp³-hybridized carbons (Fsp3) is 0.429. The number of alkyl halides is 3. The van der Waals surface area contributed by atoms with Crippen LogP contribution in [0.1, 0.15) is 37.2 Å². The number of nitrogens with zero attached hydrogens (tertiary/aromatic N) is 6. The predicted octanol–water partition coefficient (Wildman–Crippen LogP) is 3.72. The van der Waals surface area contributed by atoms with Gasteiger partial charge in [-0.25, -0.2) is 4.39 Å². The van der Waals surface area contributed by atoms with Gasteiger partial charge in [0, 0.05) is 26.1 Å². The molecule has 4 rings (SSSR count). The number of fused-ring (bicyclic) bond motifs is 1. The Bertz CT molecular complexity index is 1110. The standard InChI is InChI=1S/C21H22F4N6O/c1-13(14-3-5-16(22)6-4-14)29(2)19(32)15-9-11-30(12-10-15)18-8-7-17-26-27-20(21(23,24)25)31(17)28-18/h3-8,13,15H,9-12H2,1-2H3. The molecular formula is C21H22F4N6O. The summed E-state index contributed by atoms with van der Waals surface area (Å²) in [7, 11) is 1.73. The summed E-state index contributed by atoms with van der Waals surface area (Å²) < 4.78 is 53.2.